The Labute approximate surface area is 133 Å². The summed E-state index contributed by atoms with van der Waals surface area (Å²) < 4.78 is 0. The van der Waals surface area contributed by atoms with Gasteiger partial charge in [0.05, 0.1) is 0 Å². The van der Waals surface area contributed by atoms with Crippen molar-refractivity contribution in [1.82, 2.24) is 10.2 Å². The standard InChI is InChI=1S/C18H27N3O/c1-7-15-10-9-11-21(14(15)5)16(13(3)4)17(22)20-12-18(6,19)8-2/h7,9-11H,1,5,8,12,19H2,2-4,6H3,(H,20,22). The molecule has 22 heavy (non-hydrogen) atoms. The van der Waals surface area contributed by atoms with Crippen LogP contribution in [0.5, 0.6) is 0 Å². The molecule has 0 fully saturated rings. The topological polar surface area (TPSA) is 58.4 Å². The minimum Gasteiger partial charge on any atom is -0.349 e. The highest BCUT2D eigenvalue weighted by atomic mass is 16.2. The lowest BCUT2D eigenvalue weighted by atomic mass is 10.0. The molecule has 0 aromatic carbocycles. The molecule has 0 saturated heterocycles. The van der Waals surface area contributed by atoms with Crippen molar-refractivity contribution >= 4 is 5.91 Å². The molecular formula is C18H27N3O. The minimum absolute atomic E-state index is 0.152. The van der Waals surface area contributed by atoms with Gasteiger partial charge in [0.2, 0.25) is 0 Å². The summed E-state index contributed by atoms with van der Waals surface area (Å²) in [6.45, 7) is 16.0. The van der Waals surface area contributed by atoms with Crippen molar-refractivity contribution in [1.29, 1.82) is 0 Å². The van der Waals surface area contributed by atoms with E-state index in [0.29, 0.717) is 12.2 Å². The largest absolute Gasteiger partial charge is 0.349 e. The van der Waals surface area contributed by atoms with E-state index in [1.54, 1.807) is 11.0 Å². The maximum atomic E-state index is 12.6. The Bertz CT molecular complexity index is 561. The van der Waals surface area contributed by atoms with Crippen LogP contribution in [0.2, 0.25) is 0 Å². The molecule has 3 N–H and O–H groups in total. The third-order valence-electron chi connectivity index (χ3n) is 3.74. The van der Waals surface area contributed by atoms with Gasteiger partial charge in [-0.15, -0.1) is 0 Å². The first-order valence-electron chi connectivity index (χ1n) is 7.47. The molecule has 1 amide bonds. The van der Waals surface area contributed by atoms with Gasteiger partial charge < -0.3 is 16.0 Å². The summed E-state index contributed by atoms with van der Waals surface area (Å²) in [5.74, 6) is -0.152. The van der Waals surface area contributed by atoms with Crippen LogP contribution in [0, 0.1) is 0 Å². The van der Waals surface area contributed by atoms with E-state index >= 15 is 0 Å². The molecule has 1 aliphatic heterocycles. The molecule has 0 aliphatic carbocycles. The summed E-state index contributed by atoms with van der Waals surface area (Å²) in [4.78, 5) is 14.4. The van der Waals surface area contributed by atoms with E-state index < -0.39 is 5.54 Å². The predicted octanol–water partition coefficient (Wildman–Crippen LogP) is 2.98. The number of allylic oxidation sites excluding steroid dienone is 4. The Kier molecular flexibility index (Phi) is 5.94. The van der Waals surface area contributed by atoms with Gasteiger partial charge in [-0.25, -0.2) is 0 Å². The second-order valence-electron chi connectivity index (χ2n) is 6.02. The molecule has 0 aromatic rings. The highest BCUT2D eigenvalue weighted by Crippen LogP contribution is 2.26. The number of amides is 1. The molecule has 1 rings (SSSR count). The van der Waals surface area contributed by atoms with Crippen molar-refractivity contribution in [3.05, 3.63) is 60.1 Å². The highest BCUT2D eigenvalue weighted by molar-refractivity contribution is 5.94. The molecular weight excluding hydrogens is 274 g/mol. The van der Waals surface area contributed by atoms with E-state index in [4.69, 9.17) is 5.73 Å². The summed E-state index contributed by atoms with van der Waals surface area (Å²) in [6, 6.07) is 0. The van der Waals surface area contributed by atoms with E-state index in [-0.39, 0.29) is 5.91 Å². The van der Waals surface area contributed by atoms with E-state index in [2.05, 4.69) is 18.5 Å². The molecule has 0 saturated carbocycles. The molecule has 0 bridgehead atoms. The third kappa shape index (κ3) is 4.21. The SMILES string of the molecule is C=CC1=CC=CN(C(C(=O)NCC(C)(N)CC)=C(C)C)C1=C. The van der Waals surface area contributed by atoms with Crippen LogP contribution in [0.15, 0.2) is 60.1 Å². The van der Waals surface area contributed by atoms with Gasteiger partial charge in [-0.3, -0.25) is 4.79 Å². The predicted molar refractivity (Wildman–Crippen MR) is 92.7 cm³/mol. The van der Waals surface area contributed by atoms with E-state index in [0.717, 1.165) is 23.3 Å². The van der Waals surface area contributed by atoms with Crippen molar-refractivity contribution in [2.45, 2.75) is 39.7 Å². The number of hydrogen-bond donors (Lipinski definition) is 2. The zero-order valence-electron chi connectivity index (χ0n) is 14.1. The molecule has 0 spiro atoms. The fourth-order valence-corrected chi connectivity index (χ4v) is 2.02. The molecule has 4 heteroatoms. The quantitative estimate of drug-likeness (QED) is 0.742. The summed E-state index contributed by atoms with van der Waals surface area (Å²) in [5, 5.41) is 2.92. The van der Waals surface area contributed by atoms with Gasteiger partial charge >= 0.3 is 0 Å². The zero-order chi connectivity index (χ0) is 16.9. The Morgan fingerprint density at radius 3 is 2.64 bits per heavy atom. The summed E-state index contributed by atoms with van der Waals surface area (Å²) in [6.07, 6.45) is 8.14. The van der Waals surface area contributed by atoms with Crippen molar-refractivity contribution in [3.63, 3.8) is 0 Å². The van der Waals surface area contributed by atoms with Crippen LogP contribution >= 0.6 is 0 Å². The Morgan fingerprint density at radius 2 is 2.14 bits per heavy atom. The molecule has 1 aliphatic rings. The van der Waals surface area contributed by atoms with Crippen LogP contribution in [0.25, 0.3) is 0 Å². The first-order chi connectivity index (χ1) is 10.2. The molecule has 1 atom stereocenters. The van der Waals surface area contributed by atoms with Crippen LogP contribution in [-0.2, 0) is 4.79 Å². The molecule has 4 nitrogen and oxygen atoms in total. The molecule has 0 aromatic heterocycles. The Balaban J connectivity index is 2.97. The number of hydrogen-bond acceptors (Lipinski definition) is 3. The lowest BCUT2D eigenvalue weighted by Gasteiger charge is -2.30. The summed E-state index contributed by atoms with van der Waals surface area (Å²) in [5.41, 5.74) is 8.78. The second kappa shape index (κ2) is 7.27. The second-order valence-corrected chi connectivity index (χ2v) is 6.02. The normalized spacial score (nSPS) is 16.7. The first-order valence-corrected chi connectivity index (χ1v) is 7.47. The van der Waals surface area contributed by atoms with Gasteiger partial charge in [0.1, 0.15) is 5.70 Å². The fraction of sp³-hybridized carbons (Fsp3) is 0.389. The van der Waals surface area contributed by atoms with E-state index in [1.165, 1.54) is 0 Å². The van der Waals surface area contributed by atoms with Crippen molar-refractivity contribution < 1.29 is 4.79 Å². The first kappa shape index (κ1) is 18.0. The van der Waals surface area contributed by atoms with Crippen LogP contribution in [0.3, 0.4) is 0 Å². The van der Waals surface area contributed by atoms with Crippen molar-refractivity contribution in [2.24, 2.45) is 5.73 Å². The van der Waals surface area contributed by atoms with E-state index in [9.17, 15) is 4.79 Å². The Hall–Kier alpha value is -2.07. The summed E-state index contributed by atoms with van der Waals surface area (Å²) >= 11 is 0. The van der Waals surface area contributed by atoms with Gasteiger partial charge in [0.25, 0.3) is 5.91 Å². The number of nitrogens with zero attached hydrogens (tertiary/aromatic N) is 1. The van der Waals surface area contributed by atoms with E-state index in [1.807, 2.05) is 46.0 Å². The van der Waals surface area contributed by atoms with Crippen LogP contribution in [-0.4, -0.2) is 22.9 Å². The number of carbonyl (C=O) groups is 1. The average Bonchev–Trinajstić information content (AvgIpc) is 2.47. The Morgan fingerprint density at radius 1 is 1.50 bits per heavy atom. The van der Waals surface area contributed by atoms with Gasteiger partial charge in [0, 0.05) is 24.0 Å². The van der Waals surface area contributed by atoms with Crippen LogP contribution in [0.1, 0.15) is 34.1 Å². The number of nitrogens with two attached hydrogens (primary N) is 1. The smallest absolute Gasteiger partial charge is 0.268 e. The number of nitrogens with one attached hydrogen (secondary N) is 1. The lowest BCUT2D eigenvalue weighted by molar-refractivity contribution is -0.118. The van der Waals surface area contributed by atoms with Gasteiger partial charge in [0.15, 0.2) is 0 Å². The minimum atomic E-state index is -0.413. The van der Waals surface area contributed by atoms with Crippen molar-refractivity contribution in [2.75, 3.05) is 6.54 Å². The molecule has 0 radical (unpaired) electrons. The van der Waals surface area contributed by atoms with Gasteiger partial charge in [-0.05, 0) is 44.4 Å². The average molecular weight is 301 g/mol. The highest BCUT2D eigenvalue weighted by Gasteiger charge is 2.24. The number of rotatable bonds is 6. The zero-order valence-corrected chi connectivity index (χ0v) is 14.1. The number of carbonyl (C=O) groups excluding carboxylic acids is 1. The monoisotopic (exact) mass is 301 g/mol. The molecule has 120 valence electrons. The maximum Gasteiger partial charge on any atom is 0.268 e. The van der Waals surface area contributed by atoms with Crippen molar-refractivity contribution in [3.8, 4) is 0 Å². The van der Waals surface area contributed by atoms with Crippen LogP contribution in [0.4, 0.5) is 0 Å². The fourth-order valence-electron chi connectivity index (χ4n) is 2.02. The lowest BCUT2D eigenvalue weighted by Crippen LogP contribution is -2.48. The van der Waals surface area contributed by atoms with Gasteiger partial charge in [-0.2, -0.15) is 0 Å². The molecule has 1 heterocycles. The third-order valence-corrected chi connectivity index (χ3v) is 3.74. The summed E-state index contributed by atoms with van der Waals surface area (Å²) in [7, 11) is 0. The van der Waals surface area contributed by atoms with Crippen LogP contribution < -0.4 is 11.1 Å². The maximum absolute atomic E-state index is 12.6. The molecule has 1 unspecified atom stereocenters. The van der Waals surface area contributed by atoms with Gasteiger partial charge in [-0.1, -0.05) is 32.2 Å².